The van der Waals surface area contributed by atoms with Gasteiger partial charge in [0.15, 0.2) is 0 Å². The third-order valence-electron chi connectivity index (χ3n) is 2.33. The lowest BCUT2D eigenvalue weighted by Gasteiger charge is -2.08. The molecule has 0 N–H and O–H groups in total. The summed E-state index contributed by atoms with van der Waals surface area (Å²) < 4.78 is 4.85. The maximum absolute atomic E-state index is 11.5. The summed E-state index contributed by atoms with van der Waals surface area (Å²) in [5, 5.41) is 8.93. The Morgan fingerprint density at radius 3 is 2.59 bits per heavy atom. The summed E-state index contributed by atoms with van der Waals surface area (Å²) in [5.74, 6) is -1.15. The van der Waals surface area contributed by atoms with E-state index < -0.39 is 11.9 Å². The minimum atomic E-state index is -0.713. The number of carbonyl (C=O) groups excluding carboxylic acids is 1. The molecule has 1 aromatic rings. The van der Waals surface area contributed by atoms with Crippen molar-refractivity contribution in [3.8, 4) is 6.07 Å². The van der Waals surface area contributed by atoms with Crippen molar-refractivity contribution in [2.24, 2.45) is 5.92 Å². The molecule has 90 valence electrons. The van der Waals surface area contributed by atoms with Crippen molar-refractivity contribution >= 4 is 17.7 Å². The van der Waals surface area contributed by atoms with Crippen LogP contribution < -0.4 is 0 Å². The number of thioether (sulfide) groups is 1. The Morgan fingerprint density at radius 2 is 2.12 bits per heavy atom. The van der Waals surface area contributed by atoms with Gasteiger partial charge in [0.2, 0.25) is 0 Å². The molecule has 0 saturated carbocycles. The average molecular weight is 249 g/mol. The highest BCUT2D eigenvalue weighted by atomic mass is 32.2. The van der Waals surface area contributed by atoms with Crippen molar-refractivity contribution in [1.82, 2.24) is 0 Å². The first kappa shape index (κ1) is 13.6. The van der Waals surface area contributed by atoms with Crippen LogP contribution in [-0.4, -0.2) is 18.8 Å². The molecule has 0 saturated heterocycles. The molecule has 0 bridgehead atoms. The first-order valence-electron chi connectivity index (χ1n) is 5.40. The van der Waals surface area contributed by atoms with E-state index in [1.807, 2.05) is 36.6 Å². The second kappa shape index (κ2) is 6.97. The van der Waals surface area contributed by atoms with E-state index in [9.17, 15) is 4.79 Å². The van der Waals surface area contributed by atoms with Gasteiger partial charge in [-0.3, -0.25) is 4.79 Å². The van der Waals surface area contributed by atoms with Crippen LogP contribution in [0.4, 0.5) is 0 Å². The first-order chi connectivity index (χ1) is 8.21. The molecule has 3 nitrogen and oxygen atoms in total. The molecule has 1 atom stereocenters. The Bertz CT molecular complexity index is 408. The van der Waals surface area contributed by atoms with Crippen molar-refractivity contribution in [1.29, 1.82) is 5.26 Å². The molecule has 1 aromatic carbocycles. The summed E-state index contributed by atoms with van der Waals surface area (Å²) in [6.07, 6.45) is 2.41. The minimum absolute atomic E-state index is 0.308. The van der Waals surface area contributed by atoms with Gasteiger partial charge >= 0.3 is 5.97 Å². The number of esters is 1. The Morgan fingerprint density at radius 1 is 1.47 bits per heavy atom. The molecule has 0 radical (unpaired) electrons. The molecule has 0 aliphatic heterocycles. The molecule has 0 amide bonds. The van der Waals surface area contributed by atoms with Gasteiger partial charge < -0.3 is 4.74 Å². The number of benzene rings is 1. The van der Waals surface area contributed by atoms with Gasteiger partial charge in [0.25, 0.3) is 0 Å². The fourth-order valence-electron chi connectivity index (χ4n) is 1.42. The van der Waals surface area contributed by atoms with Crippen molar-refractivity contribution in [2.45, 2.75) is 18.2 Å². The lowest BCUT2D eigenvalue weighted by atomic mass is 10.0. The van der Waals surface area contributed by atoms with Gasteiger partial charge in [-0.1, -0.05) is 12.1 Å². The maximum atomic E-state index is 11.5. The Kier molecular flexibility index (Phi) is 5.58. The Labute approximate surface area is 106 Å². The van der Waals surface area contributed by atoms with Crippen LogP contribution in [0, 0.1) is 17.2 Å². The topological polar surface area (TPSA) is 50.1 Å². The van der Waals surface area contributed by atoms with E-state index in [0.717, 1.165) is 5.56 Å². The molecular weight excluding hydrogens is 234 g/mol. The highest BCUT2D eigenvalue weighted by Crippen LogP contribution is 2.17. The zero-order valence-corrected chi connectivity index (χ0v) is 10.8. The van der Waals surface area contributed by atoms with Gasteiger partial charge in [0.05, 0.1) is 12.7 Å². The van der Waals surface area contributed by atoms with Gasteiger partial charge in [-0.2, -0.15) is 5.26 Å². The molecule has 1 unspecified atom stereocenters. The Balaban J connectivity index is 2.67. The van der Waals surface area contributed by atoms with Gasteiger partial charge in [0.1, 0.15) is 5.92 Å². The average Bonchev–Trinajstić information content (AvgIpc) is 2.37. The molecule has 0 spiro atoms. The SMILES string of the molecule is CCOC(=O)C(C#N)Cc1ccc(SC)cc1. The zero-order valence-electron chi connectivity index (χ0n) is 9.97. The van der Waals surface area contributed by atoms with Crippen molar-refractivity contribution in [3.63, 3.8) is 0 Å². The van der Waals surface area contributed by atoms with Gasteiger partial charge in [-0.25, -0.2) is 0 Å². The van der Waals surface area contributed by atoms with Gasteiger partial charge in [-0.15, -0.1) is 11.8 Å². The lowest BCUT2D eigenvalue weighted by Crippen LogP contribution is -2.18. The van der Waals surface area contributed by atoms with Crippen LogP contribution in [0.25, 0.3) is 0 Å². The summed E-state index contributed by atoms with van der Waals surface area (Å²) >= 11 is 1.66. The molecule has 0 aliphatic carbocycles. The van der Waals surface area contributed by atoms with Crippen LogP contribution in [0.3, 0.4) is 0 Å². The van der Waals surface area contributed by atoms with Crippen LogP contribution in [0.5, 0.6) is 0 Å². The third kappa shape index (κ3) is 4.12. The number of carbonyl (C=O) groups is 1. The minimum Gasteiger partial charge on any atom is -0.465 e. The normalized spacial score (nSPS) is 11.6. The molecule has 17 heavy (non-hydrogen) atoms. The van der Waals surface area contributed by atoms with E-state index in [-0.39, 0.29) is 0 Å². The fourth-order valence-corrected chi connectivity index (χ4v) is 1.83. The number of rotatable bonds is 5. The molecule has 0 fully saturated rings. The molecular formula is C13H15NO2S. The van der Waals surface area contributed by atoms with E-state index >= 15 is 0 Å². The molecule has 0 heterocycles. The summed E-state index contributed by atoms with van der Waals surface area (Å²) in [6.45, 7) is 2.04. The number of nitriles is 1. The monoisotopic (exact) mass is 249 g/mol. The van der Waals surface area contributed by atoms with Crippen molar-refractivity contribution in [2.75, 3.05) is 12.9 Å². The predicted octanol–water partition coefficient (Wildman–Crippen LogP) is 2.65. The van der Waals surface area contributed by atoms with E-state index in [4.69, 9.17) is 10.00 Å². The van der Waals surface area contributed by atoms with E-state index in [1.54, 1.807) is 18.7 Å². The van der Waals surface area contributed by atoms with E-state index in [1.165, 1.54) is 4.90 Å². The summed E-state index contributed by atoms with van der Waals surface area (Å²) in [4.78, 5) is 12.6. The molecule has 4 heteroatoms. The Hall–Kier alpha value is -1.47. The van der Waals surface area contributed by atoms with Crippen LogP contribution in [0.15, 0.2) is 29.2 Å². The number of nitrogens with zero attached hydrogens (tertiary/aromatic N) is 1. The standard InChI is InChI=1S/C13H15NO2S/c1-3-16-13(15)11(9-14)8-10-4-6-12(17-2)7-5-10/h4-7,11H,3,8H2,1-2H3. The highest BCUT2D eigenvalue weighted by molar-refractivity contribution is 7.98. The van der Waals surface area contributed by atoms with Crippen LogP contribution in [0.2, 0.25) is 0 Å². The van der Waals surface area contributed by atoms with Crippen molar-refractivity contribution in [3.05, 3.63) is 29.8 Å². The largest absolute Gasteiger partial charge is 0.465 e. The third-order valence-corrected chi connectivity index (χ3v) is 3.07. The second-order valence-electron chi connectivity index (χ2n) is 3.49. The maximum Gasteiger partial charge on any atom is 0.323 e. The first-order valence-corrected chi connectivity index (χ1v) is 6.63. The number of hydrogen-bond donors (Lipinski definition) is 0. The van der Waals surface area contributed by atoms with Crippen molar-refractivity contribution < 1.29 is 9.53 Å². The summed E-state index contributed by atoms with van der Waals surface area (Å²) in [5.41, 5.74) is 0.974. The van der Waals surface area contributed by atoms with E-state index in [0.29, 0.717) is 13.0 Å². The highest BCUT2D eigenvalue weighted by Gasteiger charge is 2.19. The van der Waals surface area contributed by atoms with Crippen LogP contribution >= 0.6 is 11.8 Å². The summed E-state index contributed by atoms with van der Waals surface area (Å²) in [7, 11) is 0. The molecule has 0 aliphatic rings. The number of ether oxygens (including phenoxy) is 1. The summed E-state index contributed by atoms with van der Waals surface area (Å²) in [6, 6.07) is 9.84. The van der Waals surface area contributed by atoms with Crippen LogP contribution in [-0.2, 0) is 16.0 Å². The quantitative estimate of drug-likeness (QED) is 0.594. The van der Waals surface area contributed by atoms with Gasteiger partial charge in [0, 0.05) is 4.90 Å². The second-order valence-corrected chi connectivity index (χ2v) is 4.37. The number of hydrogen-bond acceptors (Lipinski definition) is 4. The van der Waals surface area contributed by atoms with E-state index in [2.05, 4.69) is 0 Å². The molecule has 0 aromatic heterocycles. The fraction of sp³-hybridized carbons (Fsp3) is 0.385. The lowest BCUT2D eigenvalue weighted by molar-refractivity contribution is -0.145. The van der Waals surface area contributed by atoms with Crippen LogP contribution in [0.1, 0.15) is 12.5 Å². The molecule has 1 rings (SSSR count). The predicted molar refractivity (Wildman–Crippen MR) is 67.7 cm³/mol. The van der Waals surface area contributed by atoms with Gasteiger partial charge in [-0.05, 0) is 37.3 Å². The smallest absolute Gasteiger partial charge is 0.323 e. The zero-order chi connectivity index (χ0) is 12.7.